The standard InChI is InChI=1S/C13H19ClN2O4S/c14-13-5-4-12(9-15-13)21(17,18)16-6-2-7-19-10-11-3-1-8-20-11/h4-5,9,11,16H,1-3,6-8,10H2. The lowest BCUT2D eigenvalue weighted by Crippen LogP contribution is -2.26. The minimum absolute atomic E-state index is 0.104. The summed E-state index contributed by atoms with van der Waals surface area (Å²) in [5.41, 5.74) is 0. The van der Waals surface area contributed by atoms with E-state index in [1.807, 2.05) is 0 Å². The molecule has 1 aromatic rings. The van der Waals surface area contributed by atoms with Crippen molar-refractivity contribution in [3.8, 4) is 0 Å². The van der Waals surface area contributed by atoms with E-state index in [4.69, 9.17) is 21.1 Å². The lowest BCUT2D eigenvalue weighted by molar-refractivity contribution is 0.0169. The molecule has 0 bridgehead atoms. The average Bonchev–Trinajstić information content (AvgIpc) is 2.96. The van der Waals surface area contributed by atoms with Crippen LogP contribution in [0.1, 0.15) is 19.3 Å². The molecule has 1 aliphatic heterocycles. The summed E-state index contributed by atoms with van der Waals surface area (Å²) < 4.78 is 37.3. The first-order valence-electron chi connectivity index (χ1n) is 6.88. The zero-order chi connectivity index (χ0) is 15.1. The van der Waals surface area contributed by atoms with E-state index in [0.717, 1.165) is 19.4 Å². The Labute approximate surface area is 129 Å². The highest BCUT2D eigenvalue weighted by atomic mass is 35.5. The summed E-state index contributed by atoms with van der Waals surface area (Å²) in [5, 5.41) is 0.261. The lowest BCUT2D eigenvalue weighted by atomic mass is 10.2. The molecule has 0 spiro atoms. The van der Waals surface area contributed by atoms with Crippen LogP contribution < -0.4 is 4.72 Å². The van der Waals surface area contributed by atoms with Crippen molar-refractivity contribution in [2.45, 2.75) is 30.3 Å². The van der Waals surface area contributed by atoms with Gasteiger partial charge in [-0.1, -0.05) is 11.6 Å². The van der Waals surface area contributed by atoms with Gasteiger partial charge < -0.3 is 9.47 Å². The molecule has 0 aromatic carbocycles. The average molecular weight is 335 g/mol. The molecule has 0 aliphatic carbocycles. The van der Waals surface area contributed by atoms with Crippen LogP contribution in [0.25, 0.3) is 0 Å². The first kappa shape index (κ1) is 16.6. The fourth-order valence-electron chi connectivity index (χ4n) is 1.98. The van der Waals surface area contributed by atoms with E-state index in [-0.39, 0.29) is 16.2 Å². The summed E-state index contributed by atoms with van der Waals surface area (Å²) in [6, 6.07) is 2.87. The Morgan fingerprint density at radius 3 is 3.00 bits per heavy atom. The molecule has 2 heterocycles. The Kier molecular flexibility index (Phi) is 6.38. The molecule has 8 heteroatoms. The number of nitrogens with one attached hydrogen (secondary N) is 1. The van der Waals surface area contributed by atoms with Crippen LogP contribution in [0.5, 0.6) is 0 Å². The number of hydrogen-bond acceptors (Lipinski definition) is 5. The summed E-state index contributed by atoms with van der Waals surface area (Å²) >= 11 is 5.62. The second-order valence-corrected chi connectivity index (χ2v) is 6.93. The van der Waals surface area contributed by atoms with Crippen molar-refractivity contribution in [3.05, 3.63) is 23.5 Å². The van der Waals surface area contributed by atoms with Crippen molar-refractivity contribution in [3.63, 3.8) is 0 Å². The summed E-state index contributed by atoms with van der Waals surface area (Å²) in [6.45, 7) is 2.20. The maximum absolute atomic E-state index is 11.9. The lowest BCUT2D eigenvalue weighted by Gasteiger charge is -2.10. The maximum Gasteiger partial charge on any atom is 0.242 e. The predicted octanol–water partition coefficient (Wildman–Crippen LogP) is 1.60. The van der Waals surface area contributed by atoms with Gasteiger partial charge in [0.25, 0.3) is 0 Å². The number of hydrogen-bond donors (Lipinski definition) is 1. The molecule has 0 amide bonds. The van der Waals surface area contributed by atoms with Crippen molar-refractivity contribution < 1.29 is 17.9 Å². The molecule has 2 rings (SSSR count). The second-order valence-electron chi connectivity index (χ2n) is 4.78. The summed E-state index contributed by atoms with van der Waals surface area (Å²) in [5.74, 6) is 0. The fraction of sp³-hybridized carbons (Fsp3) is 0.615. The van der Waals surface area contributed by atoms with Crippen LogP contribution in [0.2, 0.25) is 5.15 Å². The Morgan fingerprint density at radius 2 is 2.33 bits per heavy atom. The molecule has 1 saturated heterocycles. The van der Waals surface area contributed by atoms with Crippen molar-refractivity contribution >= 4 is 21.6 Å². The van der Waals surface area contributed by atoms with Crippen molar-refractivity contribution in [2.75, 3.05) is 26.4 Å². The smallest absolute Gasteiger partial charge is 0.242 e. The van der Waals surface area contributed by atoms with Gasteiger partial charge in [-0.05, 0) is 31.4 Å². The van der Waals surface area contributed by atoms with Gasteiger partial charge in [0.2, 0.25) is 10.0 Å². The van der Waals surface area contributed by atoms with E-state index in [1.165, 1.54) is 18.3 Å². The minimum Gasteiger partial charge on any atom is -0.379 e. The Bertz CT molecular complexity index is 530. The minimum atomic E-state index is -3.53. The van der Waals surface area contributed by atoms with E-state index in [9.17, 15) is 8.42 Å². The van der Waals surface area contributed by atoms with E-state index in [0.29, 0.717) is 26.2 Å². The highest BCUT2D eigenvalue weighted by Crippen LogP contribution is 2.12. The zero-order valence-corrected chi connectivity index (χ0v) is 13.2. The molecule has 21 heavy (non-hydrogen) atoms. The van der Waals surface area contributed by atoms with Crippen LogP contribution in [-0.2, 0) is 19.5 Å². The molecule has 1 aliphatic rings. The number of sulfonamides is 1. The van der Waals surface area contributed by atoms with Crippen LogP contribution in [-0.4, -0.2) is 45.9 Å². The monoisotopic (exact) mass is 334 g/mol. The van der Waals surface area contributed by atoms with E-state index >= 15 is 0 Å². The molecule has 1 fully saturated rings. The van der Waals surface area contributed by atoms with Crippen LogP contribution in [0, 0.1) is 0 Å². The number of pyridine rings is 1. The third-order valence-corrected chi connectivity index (χ3v) is 4.77. The van der Waals surface area contributed by atoms with E-state index in [2.05, 4.69) is 9.71 Å². The molecular formula is C13H19ClN2O4S. The SMILES string of the molecule is O=S(=O)(NCCCOCC1CCCO1)c1ccc(Cl)nc1. The predicted molar refractivity (Wildman–Crippen MR) is 78.8 cm³/mol. The third-order valence-electron chi connectivity index (χ3n) is 3.10. The number of halogens is 1. The quantitative estimate of drug-likeness (QED) is 0.577. The number of ether oxygens (including phenoxy) is 2. The van der Waals surface area contributed by atoms with Gasteiger partial charge in [0.15, 0.2) is 0 Å². The summed E-state index contributed by atoms with van der Waals surface area (Å²) in [6.07, 6.45) is 4.16. The van der Waals surface area contributed by atoms with Gasteiger partial charge in [-0.3, -0.25) is 0 Å². The number of nitrogens with zero attached hydrogens (tertiary/aromatic N) is 1. The molecule has 6 nitrogen and oxygen atoms in total. The molecule has 1 N–H and O–H groups in total. The van der Waals surface area contributed by atoms with Crippen LogP contribution in [0.3, 0.4) is 0 Å². The third kappa shape index (κ3) is 5.52. The van der Waals surface area contributed by atoms with Gasteiger partial charge in [-0.15, -0.1) is 0 Å². The van der Waals surface area contributed by atoms with Crippen LogP contribution >= 0.6 is 11.6 Å². The van der Waals surface area contributed by atoms with E-state index < -0.39 is 10.0 Å². The normalized spacial score (nSPS) is 19.0. The highest BCUT2D eigenvalue weighted by molar-refractivity contribution is 7.89. The molecule has 1 atom stereocenters. The summed E-state index contributed by atoms with van der Waals surface area (Å²) in [7, 11) is -3.53. The largest absolute Gasteiger partial charge is 0.379 e. The molecule has 0 radical (unpaired) electrons. The van der Waals surface area contributed by atoms with Gasteiger partial charge in [0, 0.05) is 26.0 Å². The highest BCUT2D eigenvalue weighted by Gasteiger charge is 2.15. The Balaban J connectivity index is 1.64. The Morgan fingerprint density at radius 1 is 1.48 bits per heavy atom. The van der Waals surface area contributed by atoms with Crippen LogP contribution in [0.15, 0.2) is 23.2 Å². The Hall–Kier alpha value is -0.730. The maximum atomic E-state index is 11.9. The molecule has 118 valence electrons. The second kappa shape index (κ2) is 8.05. The van der Waals surface area contributed by atoms with Gasteiger partial charge in [-0.2, -0.15) is 0 Å². The van der Waals surface area contributed by atoms with E-state index in [1.54, 1.807) is 0 Å². The summed E-state index contributed by atoms with van der Waals surface area (Å²) in [4.78, 5) is 3.86. The molecule has 1 unspecified atom stereocenters. The number of rotatable bonds is 8. The van der Waals surface area contributed by atoms with Crippen molar-refractivity contribution in [1.82, 2.24) is 9.71 Å². The molecule has 1 aromatic heterocycles. The van der Waals surface area contributed by atoms with Gasteiger partial charge in [-0.25, -0.2) is 18.1 Å². The van der Waals surface area contributed by atoms with Gasteiger partial charge in [0.1, 0.15) is 10.0 Å². The topological polar surface area (TPSA) is 77.5 Å². The number of aromatic nitrogens is 1. The van der Waals surface area contributed by atoms with Crippen molar-refractivity contribution in [1.29, 1.82) is 0 Å². The van der Waals surface area contributed by atoms with Crippen LogP contribution in [0.4, 0.5) is 0 Å². The molecule has 0 saturated carbocycles. The fourth-order valence-corrected chi connectivity index (χ4v) is 3.11. The first-order valence-corrected chi connectivity index (χ1v) is 8.74. The first-order chi connectivity index (χ1) is 10.1. The zero-order valence-electron chi connectivity index (χ0n) is 11.6. The van der Waals surface area contributed by atoms with Crippen molar-refractivity contribution in [2.24, 2.45) is 0 Å². The van der Waals surface area contributed by atoms with Gasteiger partial charge in [0.05, 0.1) is 12.7 Å². The van der Waals surface area contributed by atoms with Gasteiger partial charge >= 0.3 is 0 Å². The molecular weight excluding hydrogens is 316 g/mol.